The first-order valence-corrected chi connectivity index (χ1v) is 9.66. The van der Waals surface area contributed by atoms with Crippen LogP contribution in [0.2, 0.25) is 0 Å². The molecule has 2 heterocycles. The van der Waals surface area contributed by atoms with Gasteiger partial charge in [0.15, 0.2) is 0 Å². The van der Waals surface area contributed by atoms with E-state index in [1.807, 2.05) is 42.5 Å². The van der Waals surface area contributed by atoms with E-state index >= 15 is 0 Å². The lowest BCUT2D eigenvalue weighted by molar-refractivity contribution is 0.102. The van der Waals surface area contributed by atoms with E-state index < -0.39 is 0 Å². The molecule has 7 heteroatoms. The number of hydrogen-bond donors (Lipinski definition) is 2. The molecule has 0 saturated carbocycles. The van der Waals surface area contributed by atoms with Crippen LogP contribution in [-0.2, 0) is 0 Å². The highest BCUT2D eigenvalue weighted by Crippen LogP contribution is 2.23. The van der Waals surface area contributed by atoms with Gasteiger partial charge in [-0.1, -0.05) is 24.3 Å². The molecule has 148 valence electrons. The zero-order valence-corrected chi connectivity index (χ0v) is 16.4. The first-order valence-electron chi connectivity index (χ1n) is 9.66. The molecule has 0 unspecified atom stereocenters. The second kappa shape index (κ2) is 8.70. The van der Waals surface area contributed by atoms with Crippen molar-refractivity contribution >= 4 is 28.8 Å². The quantitative estimate of drug-likeness (QED) is 0.699. The van der Waals surface area contributed by atoms with Crippen molar-refractivity contribution in [1.82, 2.24) is 14.9 Å². The minimum Gasteiger partial charge on any atom is -0.369 e. The van der Waals surface area contributed by atoms with Gasteiger partial charge in [-0.25, -0.2) is 4.98 Å². The van der Waals surface area contributed by atoms with Gasteiger partial charge in [-0.2, -0.15) is 0 Å². The third-order valence-corrected chi connectivity index (χ3v) is 4.89. The molecule has 29 heavy (non-hydrogen) atoms. The van der Waals surface area contributed by atoms with E-state index in [9.17, 15) is 4.79 Å². The molecule has 1 aromatic heterocycles. The molecule has 4 rings (SSSR count). The summed E-state index contributed by atoms with van der Waals surface area (Å²) in [5, 5.41) is 6.09. The molecule has 1 aliphatic rings. The van der Waals surface area contributed by atoms with Crippen molar-refractivity contribution in [2.24, 2.45) is 0 Å². The van der Waals surface area contributed by atoms with E-state index in [1.165, 1.54) is 11.9 Å². The second-order valence-corrected chi connectivity index (χ2v) is 7.08. The number of piperazine rings is 1. The van der Waals surface area contributed by atoms with Gasteiger partial charge in [0.2, 0.25) is 0 Å². The smallest absolute Gasteiger partial charge is 0.275 e. The van der Waals surface area contributed by atoms with E-state index in [-0.39, 0.29) is 11.6 Å². The molecule has 2 N–H and O–H groups in total. The monoisotopic (exact) mass is 388 g/mol. The van der Waals surface area contributed by atoms with Crippen molar-refractivity contribution in [2.45, 2.75) is 0 Å². The summed E-state index contributed by atoms with van der Waals surface area (Å²) in [5.41, 5.74) is 3.07. The Morgan fingerprint density at radius 2 is 1.69 bits per heavy atom. The summed E-state index contributed by atoms with van der Waals surface area (Å²) >= 11 is 0. The number of nitrogens with one attached hydrogen (secondary N) is 2. The Morgan fingerprint density at radius 1 is 0.931 bits per heavy atom. The Bertz CT molecular complexity index is 970. The van der Waals surface area contributed by atoms with Crippen molar-refractivity contribution in [2.75, 3.05) is 48.8 Å². The summed E-state index contributed by atoms with van der Waals surface area (Å²) in [4.78, 5) is 25.7. The van der Waals surface area contributed by atoms with Crippen molar-refractivity contribution in [3.63, 3.8) is 0 Å². The van der Waals surface area contributed by atoms with Gasteiger partial charge in [0.05, 0.1) is 12.4 Å². The van der Waals surface area contributed by atoms with Crippen molar-refractivity contribution in [3.05, 3.63) is 72.7 Å². The lowest BCUT2D eigenvalue weighted by Gasteiger charge is -2.34. The maximum atomic E-state index is 12.5. The maximum Gasteiger partial charge on any atom is 0.275 e. The molecule has 0 atom stereocenters. The zero-order valence-electron chi connectivity index (χ0n) is 16.4. The summed E-state index contributed by atoms with van der Waals surface area (Å²) in [6.45, 7) is 4.13. The normalized spacial score (nSPS) is 14.4. The zero-order chi connectivity index (χ0) is 20.1. The van der Waals surface area contributed by atoms with Crippen LogP contribution in [0.3, 0.4) is 0 Å². The lowest BCUT2D eigenvalue weighted by atomic mass is 10.2. The first-order chi connectivity index (χ1) is 14.2. The molecule has 1 fully saturated rings. The van der Waals surface area contributed by atoms with Crippen molar-refractivity contribution in [1.29, 1.82) is 0 Å². The molecular formula is C22H24N6O. The Labute approximate surface area is 170 Å². The van der Waals surface area contributed by atoms with Gasteiger partial charge in [-0.3, -0.25) is 9.78 Å². The highest BCUT2D eigenvalue weighted by atomic mass is 16.1. The van der Waals surface area contributed by atoms with Crippen LogP contribution in [0.4, 0.5) is 22.9 Å². The van der Waals surface area contributed by atoms with Gasteiger partial charge >= 0.3 is 0 Å². The number of anilines is 4. The van der Waals surface area contributed by atoms with Crippen LogP contribution in [0.5, 0.6) is 0 Å². The predicted octanol–water partition coefficient (Wildman–Crippen LogP) is 3.22. The largest absolute Gasteiger partial charge is 0.369 e. The Balaban J connectivity index is 1.45. The van der Waals surface area contributed by atoms with Gasteiger partial charge in [0.1, 0.15) is 11.5 Å². The maximum absolute atomic E-state index is 12.5. The Hall–Kier alpha value is -3.45. The highest BCUT2D eigenvalue weighted by molar-refractivity contribution is 6.02. The molecule has 0 aliphatic carbocycles. The van der Waals surface area contributed by atoms with Crippen LogP contribution >= 0.6 is 0 Å². The van der Waals surface area contributed by atoms with Crippen LogP contribution in [-0.4, -0.2) is 54.0 Å². The third-order valence-electron chi connectivity index (χ3n) is 4.89. The number of hydrogen-bond acceptors (Lipinski definition) is 6. The van der Waals surface area contributed by atoms with E-state index in [4.69, 9.17) is 0 Å². The number of para-hydroxylation sites is 1. The standard InChI is InChI=1S/C22H24N6O/c1-27-10-12-28(13-11-27)19-9-5-8-18(14-19)24-21-16-23-15-20(26-21)22(29)25-17-6-3-2-4-7-17/h2-9,14-16H,10-13H2,1H3,(H,24,26)(H,25,29). The van der Waals surface area contributed by atoms with Crippen LogP contribution in [0.15, 0.2) is 67.0 Å². The molecule has 0 spiro atoms. The van der Waals surface area contributed by atoms with Crippen molar-refractivity contribution < 1.29 is 4.79 Å². The van der Waals surface area contributed by atoms with E-state index in [1.54, 1.807) is 6.20 Å². The van der Waals surface area contributed by atoms with Crippen molar-refractivity contribution in [3.8, 4) is 0 Å². The summed E-state index contributed by atoms with van der Waals surface area (Å²) in [7, 11) is 2.15. The van der Waals surface area contributed by atoms with E-state index in [0.29, 0.717) is 5.82 Å². The summed E-state index contributed by atoms with van der Waals surface area (Å²) < 4.78 is 0. The first kappa shape index (κ1) is 18.9. The van der Waals surface area contributed by atoms with Gasteiger partial charge in [0, 0.05) is 43.2 Å². The van der Waals surface area contributed by atoms with Crippen LogP contribution in [0.1, 0.15) is 10.5 Å². The number of carbonyl (C=O) groups excluding carboxylic acids is 1. The number of aromatic nitrogens is 2. The minimum absolute atomic E-state index is 0.258. The van der Waals surface area contributed by atoms with E-state index in [2.05, 4.69) is 49.6 Å². The SMILES string of the molecule is CN1CCN(c2cccc(Nc3cncc(C(=O)Nc4ccccc4)n3)c2)CC1. The summed E-state index contributed by atoms with van der Waals surface area (Å²) in [6.07, 6.45) is 3.08. The lowest BCUT2D eigenvalue weighted by Crippen LogP contribution is -2.44. The van der Waals surface area contributed by atoms with E-state index in [0.717, 1.165) is 37.6 Å². The van der Waals surface area contributed by atoms with Gasteiger partial charge in [0.25, 0.3) is 5.91 Å². The molecule has 1 aliphatic heterocycles. The van der Waals surface area contributed by atoms with Crippen LogP contribution in [0, 0.1) is 0 Å². The topological polar surface area (TPSA) is 73.4 Å². The number of carbonyl (C=O) groups is 1. The summed E-state index contributed by atoms with van der Waals surface area (Å²) in [5.74, 6) is 0.236. The molecule has 7 nitrogen and oxygen atoms in total. The molecule has 2 aromatic carbocycles. The number of amides is 1. The predicted molar refractivity (Wildman–Crippen MR) is 116 cm³/mol. The molecule has 3 aromatic rings. The molecule has 1 amide bonds. The van der Waals surface area contributed by atoms with Gasteiger partial charge < -0.3 is 20.4 Å². The highest BCUT2D eigenvalue weighted by Gasteiger charge is 2.15. The second-order valence-electron chi connectivity index (χ2n) is 7.08. The molecule has 0 radical (unpaired) electrons. The minimum atomic E-state index is -0.293. The average molecular weight is 388 g/mol. The molecule has 1 saturated heterocycles. The molecular weight excluding hydrogens is 364 g/mol. The third kappa shape index (κ3) is 4.89. The van der Waals surface area contributed by atoms with Crippen LogP contribution in [0.25, 0.3) is 0 Å². The number of rotatable bonds is 5. The fourth-order valence-electron chi connectivity index (χ4n) is 3.25. The number of likely N-dealkylation sites (N-methyl/N-ethyl adjacent to an activating group) is 1. The number of benzene rings is 2. The molecule has 0 bridgehead atoms. The average Bonchev–Trinajstić information content (AvgIpc) is 2.75. The van der Waals surface area contributed by atoms with Gasteiger partial charge in [-0.05, 0) is 37.4 Å². The fourth-order valence-corrected chi connectivity index (χ4v) is 3.25. The summed E-state index contributed by atoms with van der Waals surface area (Å²) in [6, 6.07) is 17.5. The Kier molecular flexibility index (Phi) is 5.67. The van der Waals surface area contributed by atoms with Crippen LogP contribution < -0.4 is 15.5 Å². The Morgan fingerprint density at radius 3 is 2.48 bits per heavy atom. The fraction of sp³-hybridized carbons (Fsp3) is 0.227. The van der Waals surface area contributed by atoms with Gasteiger partial charge in [-0.15, -0.1) is 0 Å². The number of nitrogens with zero attached hydrogens (tertiary/aromatic N) is 4.